The molecule has 1 rings (SSSR count). The van der Waals surface area contributed by atoms with E-state index in [1.54, 1.807) is 0 Å². The van der Waals surface area contributed by atoms with E-state index in [9.17, 15) is 9.59 Å². The van der Waals surface area contributed by atoms with Crippen LogP contribution in [0.5, 0.6) is 0 Å². The van der Waals surface area contributed by atoms with Gasteiger partial charge in [0.1, 0.15) is 0 Å². The Labute approximate surface area is 277 Å². The van der Waals surface area contributed by atoms with Crippen molar-refractivity contribution >= 4 is 11.9 Å². The summed E-state index contributed by atoms with van der Waals surface area (Å²) in [7, 11) is 0. The van der Waals surface area contributed by atoms with Gasteiger partial charge in [0.05, 0.1) is 13.2 Å². The Morgan fingerprint density at radius 3 is 1.04 bits per heavy atom. The monoisotopic (exact) mass is 618 g/mol. The molecule has 0 saturated heterocycles. The van der Waals surface area contributed by atoms with Gasteiger partial charge in [0.2, 0.25) is 0 Å². The van der Waals surface area contributed by atoms with E-state index in [0.29, 0.717) is 26.1 Å². The Balaban J connectivity index is 1.93. The van der Waals surface area contributed by atoms with Gasteiger partial charge in [-0.2, -0.15) is 0 Å². The zero-order chi connectivity index (χ0) is 32.5. The number of hydrogen-bond acceptors (Lipinski definition) is 4. The summed E-state index contributed by atoms with van der Waals surface area (Å²) >= 11 is 0. The number of rotatable bonds is 26. The molecule has 0 aromatic heterocycles. The Morgan fingerprint density at radius 2 is 0.733 bits per heavy atom. The van der Waals surface area contributed by atoms with Crippen molar-refractivity contribution in [3.63, 3.8) is 0 Å². The molecule has 4 heteroatoms. The number of ether oxygens (including phenoxy) is 2. The standard InChI is InChI=1S/C41H62O4/c1-3-5-7-9-11-13-15-17-19-21-23-25-27-29-31-33-37-44-39(42)41(35-36-41)40(43)45-38-34-32-30-28-26-24-22-20-18-16-14-12-10-8-6-4-2/h3-10,19-38H2,1-2H3. The van der Waals surface area contributed by atoms with Crippen molar-refractivity contribution in [2.45, 2.75) is 181 Å². The van der Waals surface area contributed by atoms with E-state index < -0.39 is 5.41 Å². The van der Waals surface area contributed by atoms with Crippen molar-refractivity contribution in [3.05, 3.63) is 0 Å². The second-order valence-electron chi connectivity index (χ2n) is 12.4. The first kappa shape index (κ1) is 40.2. The largest absolute Gasteiger partial charge is 0.465 e. The van der Waals surface area contributed by atoms with Crippen LogP contribution in [0.2, 0.25) is 0 Å². The van der Waals surface area contributed by atoms with Crippen LogP contribution in [0.25, 0.3) is 0 Å². The molecule has 4 nitrogen and oxygen atoms in total. The molecule has 0 spiro atoms. The number of esters is 2. The molecule has 1 aliphatic carbocycles. The van der Waals surface area contributed by atoms with Crippen LogP contribution in [0.1, 0.15) is 181 Å². The molecule has 0 bridgehead atoms. The average molecular weight is 619 g/mol. The highest BCUT2D eigenvalue weighted by atomic mass is 16.6. The Morgan fingerprint density at radius 1 is 0.444 bits per heavy atom. The molecule has 0 radical (unpaired) electrons. The van der Waals surface area contributed by atoms with E-state index >= 15 is 0 Å². The van der Waals surface area contributed by atoms with Crippen molar-refractivity contribution in [3.8, 4) is 47.4 Å². The van der Waals surface area contributed by atoms with Crippen LogP contribution in [0.15, 0.2) is 0 Å². The molecule has 0 aromatic rings. The van der Waals surface area contributed by atoms with Crippen LogP contribution in [0.3, 0.4) is 0 Å². The molecule has 0 amide bonds. The van der Waals surface area contributed by atoms with Crippen LogP contribution >= 0.6 is 0 Å². The molecule has 45 heavy (non-hydrogen) atoms. The minimum Gasteiger partial charge on any atom is -0.465 e. The maximum Gasteiger partial charge on any atom is 0.323 e. The van der Waals surface area contributed by atoms with Crippen LogP contribution in [-0.4, -0.2) is 25.2 Å². The fraction of sp³-hybridized carbons (Fsp3) is 0.756. The van der Waals surface area contributed by atoms with Gasteiger partial charge in [-0.3, -0.25) is 9.59 Å². The van der Waals surface area contributed by atoms with Gasteiger partial charge in [0.25, 0.3) is 0 Å². The first-order valence-electron chi connectivity index (χ1n) is 18.4. The van der Waals surface area contributed by atoms with Crippen molar-refractivity contribution in [1.82, 2.24) is 0 Å². The maximum absolute atomic E-state index is 12.6. The molecule has 0 aliphatic heterocycles. The predicted molar refractivity (Wildman–Crippen MR) is 187 cm³/mol. The summed E-state index contributed by atoms with van der Waals surface area (Å²) in [5, 5.41) is 0. The van der Waals surface area contributed by atoms with Gasteiger partial charge >= 0.3 is 11.9 Å². The molecule has 0 unspecified atom stereocenters. The van der Waals surface area contributed by atoms with Crippen LogP contribution in [-0.2, 0) is 19.1 Å². The Bertz CT molecular complexity index is 942. The minimum absolute atomic E-state index is 0.386. The van der Waals surface area contributed by atoms with E-state index in [4.69, 9.17) is 9.47 Å². The van der Waals surface area contributed by atoms with E-state index in [2.05, 4.69) is 61.2 Å². The van der Waals surface area contributed by atoms with Crippen molar-refractivity contribution in [2.75, 3.05) is 13.2 Å². The number of carbonyl (C=O) groups is 2. The summed E-state index contributed by atoms with van der Waals surface area (Å²) in [5.74, 6) is 23.6. The highest BCUT2D eigenvalue weighted by Crippen LogP contribution is 2.48. The molecule has 1 fully saturated rings. The second-order valence-corrected chi connectivity index (χ2v) is 12.4. The normalized spacial score (nSPS) is 12.2. The fourth-order valence-corrected chi connectivity index (χ4v) is 4.97. The Hall–Kier alpha value is -2.82. The van der Waals surface area contributed by atoms with Gasteiger partial charge in [0, 0.05) is 25.7 Å². The summed E-state index contributed by atoms with van der Waals surface area (Å²) in [6.45, 7) is 5.19. The van der Waals surface area contributed by atoms with E-state index in [0.717, 1.165) is 77.0 Å². The second kappa shape index (κ2) is 29.9. The molecule has 0 N–H and O–H groups in total. The average Bonchev–Trinajstić information content (AvgIpc) is 3.86. The van der Waals surface area contributed by atoms with Crippen molar-refractivity contribution in [1.29, 1.82) is 0 Å². The highest BCUT2D eigenvalue weighted by Gasteiger charge is 2.59. The van der Waals surface area contributed by atoms with E-state index in [-0.39, 0.29) is 11.9 Å². The molecular formula is C41H62O4. The lowest BCUT2D eigenvalue weighted by Gasteiger charge is -2.14. The molecule has 0 heterocycles. The summed E-state index contributed by atoms with van der Waals surface area (Å²) in [6, 6.07) is 0. The summed E-state index contributed by atoms with van der Waals surface area (Å²) in [5.41, 5.74) is -1.02. The van der Waals surface area contributed by atoms with E-state index in [1.165, 1.54) is 77.0 Å². The van der Waals surface area contributed by atoms with Crippen molar-refractivity contribution < 1.29 is 19.1 Å². The van der Waals surface area contributed by atoms with Gasteiger partial charge in [-0.25, -0.2) is 0 Å². The molecule has 1 aliphatic rings. The van der Waals surface area contributed by atoms with Crippen LogP contribution < -0.4 is 0 Å². The third-order valence-corrected chi connectivity index (χ3v) is 8.18. The van der Waals surface area contributed by atoms with Gasteiger partial charge in [0.15, 0.2) is 5.41 Å². The maximum atomic E-state index is 12.6. The zero-order valence-electron chi connectivity index (χ0n) is 28.9. The van der Waals surface area contributed by atoms with Gasteiger partial charge in [-0.15, -0.1) is 0 Å². The van der Waals surface area contributed by atoms with E-state index in [1.807, 2.05) is 0 Å². The van der Waals surface area contributed by atoms with Crippen LogP contribution in [0.4, 0.5) is 0 Å². The van der Waals surface area contributed by atoms with Gasteiger partial charge < -0.3 is 9.47 Å². The SMILES string of the molecule is CCCCCC#CC#CCCCCCCCCCOC(=O)C1(C(=O)OCCCCCCCCCC#CC#CCCCCC)CC1. The number of unbranched alkanes of at least 4 members (excludes halogenated alkanes) is 20. The zero-order valence-corrected chi connectivity index (χ0v) is 28.9. The molecule has 0 atom stereocenters. The quantitative estimate of drug-likeness (QED) is 0.0419. The lowest BCUT2D eigenvalue weighted by Crippen LogP contribution is -2.30. The fourth-order valence-electron chi connectivity index (χ4n) is 4.97. The molecular weight excluding hydrogens is 556 g/mol. The third kappa shape index (κ3) is 23.2. The smallest absolute Gasteiger partial charge is 0.323 e. The molecule has 250 valence electrons. The lowest BCUT2D eigenvalue weighted by molar-refractivity contribution is -0.164. The number of carbonyl (C=O) groups excluding carboxylic acids is 2. The minimum atomic E-state index is -1.02. The Kier molecular flexibility index (Phi) is 26.7. The van der Waals surface area contributed by atoms with Gasteiger partial charge in [-0.1, -0.05) is 127 Å². The summed E-state index contributed by atoms with van der Waals surface area (Å²) < 4.78 is 10.9. The first-order valence-corrected chi connectivity index (χ1v) is 18.4. The third-order valence-electron chi connectivity index (χ3n) is 8.18. The van der Waals surface area contributed by atoms with Crippen LogP contribution in [0, 0.1) is 52.8 Å². The van der Waals surface area contributed by atoms with Crippen molar-refractivity contribution in [2.24, 2.45) is 5.41 Å². The lowest BCUT2D eigenvalue weighted by atomic mass is 10.1. The summed E-state index contributed by atoms with van der Waals surface area (Å²) in [6.07, 6.45) is 27.7. The first-order chi connectivity index (χ1) is 22.2. The molecule has 0 aromatic carbocycles. The van der Waals surface area contributed by atoms with Gasteiger partial charge in [-0.05, 0) is 75.0 Å². The highest BCUT2D eigenvalue weighted by molar-refractivity contribution is 6.03. The summed E-state index contributed by atoms with van der Waals surface area (Å²) in [4.78, 5) is 25.1. The molecule has 1 saturated carbocycles. The predicted octanol–water partition coefficient (Wildman–Crippen LogP) is 10.3. The number of hydrogen-bond donors (Lipinski definition) is 0. The topological polar surface area (TPSA) is 52.6 Å².